The fraction of sp³-hybridized carbons (Fsp3) is 0.538. The van der Waals surface area contributed by atoms with Gasteiger partial charge in [-0.25, -0.2) is 27.8 Å². The summed E-state index contributed by atoms with van der Waals surface area (Å²) in [6.45, 7) is 0.977. The molecule has 7 nitrogen and oxygen atoms in total. The zero-order valence-electron chi connectivity index (χ0n) is 12.1. The molecule has 1 saturated heterocycles. The Balaban J connectivity index is 1.69. The zero-order chi connectivity index (χ0) is 17.1. The maximum atomic E-state index is 14.1. The zero-order valence-corrected chi connectivity index (χ0v) is 13.0. The van der Waals surface area contributed by atoms with Crippen LogP contribution in [0.15, 0.2) is 11.4 Å². The number of aromatic nitrogens is 4. The van der Waals surface area contributed by atoms with Crippen LogP contribution >= 0.6 is 11.8 Å². The van der Waals surface area contributed by atoms with Crippen LogP contribution in [-0.4, -0.2) is 48.8 Å². The molecule has 4 atom stereocenters. The fourth-order valence-corrected chi connectivity index (χ4v) is 3.75. The third-order valence-electron chi connectivity index (χ3n) is 4.06. The summed E-state index contributed by atoms with van der Waals surface area (Å²) in [5, 5.41) is 14.4. The first-order valence-electron chi connectivity index (χ1n) is 7.19. The van der Waals surface area contributed by atoms with Crippen LogP contribution in [0.4, 0.5) is 19.0 Å². The van der Waals surface area contributed by atoms with Crippen molar-refractivity contribution >= 4 is 28.6 Å². The van der Waals surface area contributed by atoms with Crippen LogP contribution in [-0.2, 0) is 4.74 Å². The number of nitrogens with zero attached hydrogens (tertiary/aromatic N) is 4. The van der Waals surface area contributed by atoms with Gasteiger partial charge in [-0.2, -0.15) is 5.10 Å². The predicted octanol–water partition coefficient (Wildman–Crippen LogP) is 1.55. The van der Waals surface area contributed by atoms with Crippen molar-refractivity contribution in [1.82, 2.24) is 19.7 Å². The first-order valence-corrected chi connectivity index (χ1v) is 8.17. The van der Waals surface area contributed by atoms with E-state index in [1.54, 1.807) is 0 Å². The van der Waals surface area contributed by atoms with E-state index in [1.165, 1.54) is 6.33 Å². The molecule has 0 unspecified atom stereocenters. The Bertz CT molecular complexity index is 788. The van der Waals surface area contributed by atoms with Crippen LogP contribution in [0.2, 0.25) is 0 Å². The average molecular weight is 360 g/mol. The molecule has 1 aliphatic carbocycles. The minimum Gasteiger partial charge on any atom is -0.387 e. The molecule has 0 amide bonds. The number of ether oxygens (including phenoxy) is 1. The second-order valence-electron chi connectivity index (χ2n) is 5.78. The van der Waals surface area contributed by atoms with Crippen molar-refractivity contribution in [2.24, 2.45) is 5.92 Å². The highest BCUT2D eigenvalue weighted by molar-refractivity contribution is 7.99. The van der Waals surface area contributed by atoms with Gasteiger partial charge in [0.15, 0.2) is 18.0 Å². The summed E-state index contributed by atoms with van der Waals surface area (Å²) in [7, 11) is 0. The Hall–Kier alpha value is -1.59. The van der Waals surface area contributed by atoms with Gasteiger partial charge in [-0.05, 0) is 0 Å². The summed E-state index contributed by atoms with van der Waals surface area (Å²) in [5.74, 6) is -3.06. The summed E-state index contributed by atoms with van der Waals surface area (Å²) in [6, 6.07) is 0. The monoisotopic (exact) mass is 360 g/mol. The number of thioether (sulfide) groups is 1. The van der Waals surface area contributed by atoms with Gasteiger partial charge >= 0.3 is 0 Å². The lowest BCUT2D eigenvalue weighted by Gasteiger charge is -2.13. The van der Waals surface area contributed by atoms with Gasteiger partial charge in [0.1, 0.15) is 29.9 Å². The topological polar surface area (TPSA) is 99.1 Å². The Labute approximate surface area is 138 Å². The van der Waals surface area contributed by atoms with E-state index in [1.807, 2.05) is 0 Å². The predicted molar refractivity (Wildman–Crippen MR) is 78.8 cm³/mol. The molecule has 1 aliphatic heterocycles. The van der Waals surface area contributed by atoms with Crippen molar-refractivity contribution in [3.63, 3.8) is 0 Å². The number of fused-ring (bicyclic) bond motifs is 1. The summed E-state index contributed by atoms with van der Waals surface area (Å²) in [4.78, 5) is 7.92. The Morgan fingerprint density at radius 2 is 2.21 bits per heavy atom. The highest BCUT2D eigenvalue weighted by Gasteiger charge is 2.56. The third kappa shape index (κ3) is 2.50. The van der Waals surface area contributed by atoms with Gasteiger partial charge in [-0.1, -0.05) is 0 Å². The van der Waals surface area contributed by atoms with E-state index in [0.717, 1.165) is 23.1 Å². The van der Waals surface area contributed by atoms with E-state index < -0.39 is 30.3 Å². The number of nitrogen functional groups attached to an aromatic ring is 1. The normalized spacial score (nSPS) is 31.7. The number of anilines is 1. The Morgan fingerprint density at radius 1 is 1.46 bits per heavy atom. The second kappa shape index (κ2) is 5.46. The number of alkyl halides is 3. The van der Waals surface area contributed by atoms with Crippen LogP contribution in [0.5, 0.6) is 0 Å². The molecule has 3 N–H and O–H groups in total. The van der Waals surface area contributed by atoms with Crippen molar-refractivity contribution < 1.29 is 23.0 Å². The maximum absolute atomic E-state index is 14.1. The van der Waals surface area contributed by atoms with Crippen molar-refractivity contribution in [2.75, 3.05) is 11.5 Å². The standard InChI is InChI=1S/C13H13F3N5O2S/c14-8-6(22)2-23-12(8)21-10-7(9(17)18-4-19-10)11(20-21)24-3-5-1-13(5,15)16/h2,4-6,8,12,22H,1,3H2,(H2,17,18,19)/t5-,6-,8+,12-/m1/s1. The first-order chi connectivity index (χ1) is 11.4. The molecule has 2 fully saturated rings. The summed E-state index contributed by atoms with van der Waals surface area (Å²) >= 11 is 1.10. The van der Waals surface area contributed by atoms with Crippen LogP contribution < -0.4 is 5.73 Å². The van der Waals surface area contributed by atoms with E-state index in [9.17, 15) is 18.3 Å². The van der Waals surface area contributed by atoms with Gasteiger partial charge in [0, 0.05) is 18.1 Å². The van der Waals surface area contributed by atoms with Crippen molar-refractivity contribution in [2.45, 2.75) is 35.9 Å². The molecule has 2 aromatic heterocycles. The molecular formula is C13H13F3N5O2S. The Morgan fingerprint density at radius 3 is 2.83 bits per heavy atom. The smallest absolute Gasteiger partial charge is 0.252 e. The number of hydrogen-bond donors (Lipinski definition) is 2. The van der Waals surface area contributed by atoms with Crippen LogP contribution in [0.1, 0.15) is 12.6 Å². The van der Waals surface area contributed by atoms with E-state index in [-0.39, 0.29) is 23.6 Å². The molecule has 1 radical (unpaired) electrons. The van der Waals surface area contributed by atoms with Gasteiger partial charge in [0.05, 0.1) is 5.39 Å². The SMILES string of the molecule is Nc1ncnc2c1c(SC[C@H]1CC1(F)F)nn2[C@@H]1O[CH][C@@H](O)[C@@H]1F. The van der Waals surface area contributed by atoms with E-state index >= 15 is 0 Å². The molecule has 2 aromatic rings. The minimum absolute atomic E-state index is 0.120. The summed E-state index contributed by atoms with van der Waals surface area (Å²) in [6.07, 6.45) is -3.26. The van der Waals surface area contributed by atoms with Crippen LogP contribution in [0, 0.1) is 12.5 Å². The molecule has 2 aliphatic rings. The van der Waals surface area contributed by atoms with E-state index in [2.05, 4.69) is 15.1 Å². The fourth-order valence-electron chi connectivity index (χ4n) is 2.54. The molecule has 0 spiro atoms. The van der Waals surface area contributed by atoms with Gasteiger partial charge in [0.2, 0.25) is 0 Å². The number of hydrogen-bond acceptors (Lipinski definition) is 7. The van der Waals surface area contributed by atoms with Crippen LogP contribution in [0.3, 0.4) is 0 Å². The molecule has 0 aromatic carbocycles. The van der Waals surface area contributed by atoms with E-state index in [4.69, 9.17) is 10.5 Å². The highest BCUT2D eigenvalue weighted by Crippen LogP contribution is 2.51. The summed E-state index contributed by atoms with van der Waals surface area (Å²) in [5.41, 5.74) is 6.07. The lowest BCUT2D eigenvalue weighted by molar-refractivity contribution is 0.0286. The molecule has 11 heteroatoms. The molecule has 1 saturated carbocycles. The molecule has 0 bridgehead atoms. The lowest BCUT2D eigenvalue weighted by atomic mass is 10.2. The number of rotatable bonds is 4. The van der Waals surface area contributed by atoms with Crippen molar-refractivity contribution in [3.8, 4) is 0 Å². The molecule has 3 heterocycles. The van der Waals surface area contributed by atoms with Gasteiger partial charge < -0.3 is 15.6 Å². The maximum Gasteiger partial charge on any atom is 0.252 e. The third-order valence-corrected chi connectivity index (χ3v) is 5.19. The van der Waals surface area contributed by atoms with Gasteiger partial charge in [-0.15, -0.1) is 11.8 Å². The second-order valence-corrected chi connectivity index (χ2v) is 6.79. The van der Waals surface area contributed by atoms with E-state index in [0.29, 0.717) is 10.4 Å². The Kier molecular flexibility index (Phi) is 3.62. The number of aliphatic hydroxyl groups is 1. The minimum atomic E-state index is -2.63. The molecular weight excluding hydrogens is 347 g/mol. The number of aliphatic hydroxyl groups excluding tert-OH is 1. The molecule has 4 rings (SSSR count). The van der Waals surface area contributed by atoms with Gasteiger partial charge in [0.25, 0.3) is 5.92 Å². The quantitative estimate of drug-likeness (QED) is 0.798. The van der Waals surface area contributed by atoms with Crippen molar-refractivity contribution in [3.05, 3.63) is 12.9 Å². The van der Waals surface area contributed by atoms with Crippen LogP contribution in [0.25, 0.3) is 11.0 Å². The molecule has 24 heavy (non-hydrogen) atoms. The van der Waals surface area contributed by atoms with Gasteiger partial charge in [-0.3, -0.25) is 0 Å². The average Bonchev–Trinajstić information content (AvgIpc) is 2.84. The first kappa shape index (κ1) is 15.9. The largest absolute Gasteiger partial charge is 0.387 e. The van der Waals surface area contributed by atoms with Crippen molar-refractivity contribution in [1.29, 1.82) is 0 Å². The number of halogens is 3. The highest BCUT2D eigenvalue weighted by atomic mass is 32.2. The summed E-state index contributed by atoms with van der Waals surface area (Å²) < 4.78 is 46.5. The molecule has 129 valence electrons. The number of nitrogens with two attached hydrogens (primary N) is 1. The lowest BCUT2D eigenvalue weighted by Crippen LogP contribution is -2.24.